The number of carbonyl (C=O) groups is 4. The van der Waals surface area contributed by atoms with Crippen LogP contribution in [0.1, 0.15) is 26.2 Å². The van der Waals surface area contributed by atoms with Gasteiger partial charge in [0.25, 0.3) is 0 Å². The van der Waals surface area contributed by atoms with E-state index in [4.69, 9.17) is 10.5 Å². The van der Waals surface area contributed by atoms with E-state index >= 15 is 0 Å². The number of carboxylic acid groups (broad SMARTS) is 1. The first-order valence-electron chi connectivity index (χ1n) is 7.17. The van der Waals surface area contributed by atoms with Gasteiger partial charge in [0.2, 0.25) is 11.8 Å². The highest BCUT2D eigenvalue weighted by Gasteiger charge is 2.27. The minimum atomic E-state index is -1.34. The van der Waals surface area contributed by atoms with Crippen LogP contribution in [0.4, 0.5) is 0 Å². The molecule has 0 bridgehead atoms. The molecule has 9 nitrogen and oxygen atoms in total. The third-order valence-corrected chi connectivity index (χ3v) is 2.77. The molecule has 0 aliphatic carbocycles. The summed E-state index contributed by atoms with van der Waals surface area (Å²) in [6.07, 6.45) is -1.49. The summed E-state index contributed by atoms with van der Waals surface area (Å²) < 4.78 is 5.56. The molecular formula is C14H25N3O6. The first-order chi connectivity index (χ1) is 10.4. The van der Waals surface area contributed by atoms with Crippen molar-refractivity contribution >= 4 is 23.8 Å². The summed E-state index contributed by atoms with van der Waals surface area (Å²) in [4.78, 5) is 44.9. The van der Waals surface area contributed by atoms with E-state index in [2.05, 4.69) is 5.32 Å². The van der Waals surface area contributed by atoms with Crippen molar-refractivity contribution in [1.82, 2.24) is 5.32 Å². The minimum Gasteiger partial charge on any atom is -0.550 e. The molecule has 0 aliphatic rings. The maximum Gasteiger partial charge on any atom is 0.329 e. The molecule has 0 saturated carbocycles. The molecule has 2 atom stereocenters. The molecule has 0 aromatic rings. The second-order valence-corrected chi connectivity index (χ2v) is 6.37. The molecule has 3 N–H and O–H groups in total. The molecule has 2 amide bonds. The molecule has 0 saturated heterocycles. The Labute approximate surface area is 135 Å². The maximum absolute atomic E-state index is 12.2. The Morgan fingerprint density at radius 1 is 1.22 bits per heavy atom. The van der Waals surface area contributed by atoms with E-state index < -0.39 is 42.3 Å². The van der Waals surface area contributed by atoms with E-state index in [9.17, 15) is 24.3 Å². The maximum atomic E-state index is 12.2. The van der Waals surface area contributed by atoms with E-state index in [0.29, 0.717) is 4.48 Å². The third kappa shape index (κ3) is 11.1. The van der Waals surface area contributed by atoms with Crippen molar-refractivity contribution in [1.29, 1.82) is 0 Å². The quantitative estimate of drug-likeness (QED) is 0.335. The number of nitrogens with zero attached hydrogens (tertiary/aromatic N) is 1. The van der Waals surface area contributed by atoms with Gasteiger partial charge in [0.15, 0.2) is 6.10 Å². The van der Waals surface area contributed by atoms with Crippen LogP contribution in [0.25, 0.3) is 0 Å². The molecule has 0 spiro atoms. The number of esters is 1. The largest absolute Gasteiger partial charge is 0.550 e. The van der Waals surface area contributed by atoms with Gasteiger partial charge in [-0.15, -0.1) is 0 Å². The summed E-state index contributed by atoms with van der Waals surface area (Å²) in [5.74, 6) is -3.24. The smallest absolute Gasteiger partial charge is 0.329 e. The molecule has 1 unspecified atom stereocenters. The van der Waals surface area contributed by atoms with Crippen LogP contribution in [-0.4, -0.2) is 68.1 Å². The van der Waals surface area contributed by atoms with Gasteiger partial charge in [0.05, 0.1) is 21.1 Å². The van der Waals surface area contributed by atoms with Gasteiger partial charge in [-0.05, 0) is 6.42 Å². The summed E-state index contributed by atoms with van der Waals surface area (Å²) in [5.41, 5.74) is 5.03. The Morgan fingerprint density at radius 3 is 2.17 bits per heavy atom. The average Bonchev–Trinajstić information content (AvgIpc) is 2.30. The highest BCUT2D eigenvalue weighted by molar-refractivity contribution is 5.84. The second-order valence-electron chi connectivity index (χ2n) is 6.37. The number of ether oxygens (including phenoxy) is 1. The first kappa shape index (κ1) is 20.8. The van der Waals surface area contributed by atoms with Crippen molar-refractivity contribution in [3.63, 3.8) is 0 Å². The molecule has 0 aromatic heterocycles. The molecule has 9 heteroatoms. The fraction of sp³-hybridized carbons (Fsp3) is 0.714. The lowest BCUT2D eigenvalue weighted by Crippen LogP contribution is -2.48. The number of quaternary nitrogens is 1. The number of rotatable bonds is 10. The highest BCUT2D eigenvalue weighted by Crippen LogP contribution is 2.08. The Hall–Kier alpha value is -2.16. The molecule has 132 valence electrons. The lowest BCUT2D eigenvalue weighted by atomic mass is 10.1. The van der Waals surface area contributed by atoms with E-state index in [1.165, 1.54) is 6.92 Å². The summed E-state index contributed by atoms with van der Waals surface area (Å²) in [6, 6.07) is -1.06. The summed E-state index contributed by atoms with van der Waals surface area (Å²) in [7, 11) is 5.44. The number of carboxylic acids is 1. The van der Waals surface area contributed by atoms with Crippen LogP contribution in [0.5, 0.6) is 0 Å². The lowest BCUT2D eigenvalue weighted by Gasteiger charge is -2.30. The van der Waals surface area contributed by atoms with Gasteiger partial charge in [-0.1, -0.05) is 0 Å². The normalized spacial score (nSPS) is 13.7. The lowest BCUT2D eigenvalue weighted by molar-refractivity contribution is -0.873. The van der Waals surface area contributed by atoms with Crippen LogP contribution in [0.15, 0.2) is 0 Å². The van der Waals surface area contributed by atoms with E-state index in [1.807, 2.05) is 21.1 Å². The zero-order valence-electron chi connectivity index (χ0n) is 14.0. The standard InChI is InChI=1S/C14H25N3O6/c1-9(18)16-11(5-6-12(15)19)14(22)23-10(7-13(20)21)8-17(2,3)4/h10-11H,5-8H2,1-4H3,(H3-,15,16,18,19,20,21)/t10?,11-/m0/s1. The van der Waals surface area contributed by atoms with Crippen LogP contribution >= 0.6 is 0 Å². The van der Waals surface area contributed by atoms with Crippen molar-refractivity contribution in [2.24, 2.45) is 5.73 Å². The van der Waals surface area contributed by atoms with Crippen molar-refractivity contribution in [2.75, 3.05) is 27.7 Å². The van der Waals surface area contributed by atoms with Crippen LogP contribution in [0, 0.1) is 0 Å². The number of nitrogens with one attached hydrogen (secondary N) is 1. The van der Waals surface area contributed by atoms with E-state index in [-0.39, 0.29) is 19.4 Å². The van der Waals surface area contributed by atoms with Crippen LogP contribution in [0.2, 0.25) is 0 Å². The van der Waals surface area contributed by atoms with Crippen LogP contribution in [-0.2, 0) is 23.9 Å². The first-order valence-corrected chi connectivity index (χ1v) is 7.17. The molecule has 0 heterocycles. The predicted molar refractivity (Wildman–Crippen MR) is 78.4 cm³/mol. The Balaban J connectivity index is 4.94. The minimum absolute atomic E-state index is 0.0177. The van der Waals surface area contributed by atoms with Crippen molar-refractivity contribution in [3.05, 3.63) is 0 Å². The van der Waals surface area contributed by atoms with Crippen LogP contribution in [0.3, 0.4) is 0 Å². The summed E-state index contributed by atoms with van der Waals surface area (Å²) >= 11 is 0. The fourth-order valence-electron chi connectivity index (χ4n) is 1.97. The van der Waals surface area contributed by atoms with Gasteiger partial charge in [-0.3, -0.25) is 9.59 Å². The van der Waals surface area contributed by atoms with Gasteiger partial charge in [0.1, 0.15) is 12.6 Å². The molecule has 23 heavy (non-hydrogen) atoms. The topological polar surface area (TPSA) is 139 Å². The van der Waals surface area contributed by atoms with Gasteiger partial charge < -0.3 is 30.2 Å². The van der Waals surface area contributed by atoms with Gasteiger partial charge in [-0.2, -0.15) is 0 Å². The molecule has 0 aromatic carbocycles. The SMILES string of the molecule is CC(=O)N[C@@H](CCC(N)=O)C(=O)OC(CC(=O)[O-])C[N+](C)(C)C. The number of hydrogen-bond donors (Lipinski definition) is 2. The highest BCUT2D eigenvalue weighted by atomic mass is 16.5. The summed E-state index contributed by atoms with van der Waals surface area (Å²) in [6.45, 7) is 1.47. The van der Waals surface area contributed by atoms with Crippen molar-refractivity contribution < 1.29 is 33.5 Å². The van der Waals surface area contributed by atoms with Gasteiger partial charge in [-0.25, -0.2) is 4.79 Å². The Morgan fingerprint density at radius 2 is 1.78 bits per heavy atom. The number of likely N-dealkylation sites (N-methyl/N-ethyl adjacent to an activating group) is 1. The molecule has 0 rings (SSSR count). The zero-order valence-corrected chi connectivity index (χ0v) is 14.0. The monoisotopic (exact) mass is 331 g/mol. The zero-order chi connectivity index (χ0) is 18.2. The number of amides is 2. The average molecular weight is 331 g/mol. The fourth-order valence-corrected chi connectivity index (χ4v) is 1.97. The van der Waals surface area contributed by atoms with E-state index in [0.717, 1.165) is 0 Å². The molecule has 0 aliphatic heterocycles. The molecule has 0 fully saturated rings. The van der Waals surface area contributed by atoms with Crippen molar-refractivity contribution in [2.45, 2.75) is 38.3 Å². The number of aliphatic carboxylic acids is 1. The summed E-state index contributed by atoms with van der Waals surface area (Å²) in [5, 5.41) is 13.2. The molecular weight excluding hydrogens is 306 g/mol. The second kappa shape index (κ2) is 9.09. The number of carbonyl (C=O) groups excluding carboxylic acids is 4. The number of hydrogen-bond acceptors (Lipinski definition) is 6. The molecule has 0 radical (unpaired) electrons. The van der Waals surface area contributed by atoms with Crippen molar-refractivity contribution in [3.8, 4) is 0 Å². The van der Waals surface area contributed by atoms with E-state index in [1.54, 1.807) is 0 Å². The van der Waals surface area contributed by atoms with Gasteiger partial charge >= 0.3 is 5.97 Å². The third-order valence-electron chi connectivity index (χ3n) is 2.77. The predicted octanol–water partition coefficient (Wildman–Crippen LogP) is -2.49. The Kier molecular flexibility index (Phi) is 8.23. The number of nitrogens with two attached hydrogens (primary N) is 1. The Bertz CT molecular complexity index is 458. The number of primary amides is 1. The van der Waals surface area contributed by atoms with Crippen LogP contribution < -0.4 is 16.2 Å². The van der Waals surface area contributed by atoms with Gasteiger partial charge in [0, 0.05) is 25.7 Å².